The molecule has 3 rings (SSSR count). The van der Waals surface area contributed by atoms with Gasteiger partial charge in [0.1, 0.15) is 11.1 Å². The monoisotopic (exact) mass is 385 g/mol. The standard InChI is InChI=1S/C17H15ClF3N3O2/c1-24-8-11(9-2-4-10(5-3-9)17(19,20)21)13(16(24)26)15(25)23-12-6-7-22-14(12)18/h2-6,11,13H,7-8H2,1H3,(H,23,25)/t11-,13+/m0/s1. The van der Waals surface area contributed by atoms with Gasteiger partial charge in [-0.15, -0.1) is 0 Å². The highest BCUT2D eigenvalue weighted by Gasteiger charge is 2.44. The maximum Gasteiger partial charge on any atom is 0.416 e. The smallest absolute Gasteiger partial charge is 0.344 e. The van der Waals surface area contributed by atoms with E-state index in [0.29, 0.717) is 17.8 Å². The first-order chi connectivity index (χ1) is 12.2. The SMILES string of the molecule is CN1C[C@@H](c2ccc(C(F)(F)F)cc2)[C@H](C(=O)NC2=CCN=C2Cl)C1=O. The third-order valence-corrected chi connectivity index (χ3v) is 4.79. The molecular formula is C17H15ClF3N3O2. The van der Waals surface area contributed by atoms with Gasteiger partial charge < -0.3 is 10.2 Å². The van der Waals surface area contributed by atoms with Crippen LogP contribution < -0.4 is 5.32 Å². The van der Waals surface area contributed by atoms with Crippen LogP contribution in [-0.2, 0) is 15.8 Å². The van der Waals surface area contributed by atoms with E-state index < -0.39 is 29.5 Å². The van der Waals surface area contributed by atoms with E-state index in [-0.39, 0.29) is 17.6 Å². The predicted octanol–water partition coefficient (Wildman–Crippen LogP) is 2.53. The molecule has 26 heavy (non-hydrogen) atoms. The number of hydrogen-bond donors (Lipinski definition) is 1. The number of alkyl halides is 3. The van der Waals surface area contributed by atoms with Crippen LogP contribution in [0.2, 0.25) is 0 Å². The van der Waals surface area contributed by atoms with Crippen molar-refractivity contribution >= 4 is 28.6 Å². The molecule has 2 aliphatic heterocycles. The van der Waals surface area contributed by atoms with E-state index in [1.54, 1.807) is 13.1 Å². The van der Waals surface area contributed by atoms with Crippen molar-refractivity contribution in [2.24, 2.45) is 10.9 Å². The molecule has 0 unspecified atom stereocenters. The Morgan fingerprint density at radius 1 is 1.31 bits per heavy atom. The van der Waals surface area contributed by atoms with Gasteiger partial charge in [-0.05, 0) is 23.8 Å². The van der Waals surface area contributed by atoms with Crippen LogP contribution in [0.1, 0.15) is 17.0 Å². The minimum absolute atomic E-state index is 0.156. The molecule has 1 aromatic carbocycles. The zero-order valence-electron chi connectivity index (χ0n) is 13.7. The van der Waals surface area contributed by atoms with Gasteiger partial charge in [0, 0.05) is 19.5 Å². The van der Waals surface area contributed by atoms with Crippen molar-refractivity contribution < 1.29 is 22.8 Å². The lowest BCUT2D eigenvalue weighted by molar-refractivity contribution is -0.138. The zero-order valence-corrected chi connectivity index (χ0v) is 14.4. The highest BCUT2D eigenvalue weighted by Crippen LogP contribution is 2.36. The summed E-state index contributed by atoms with van der Waals surface area (Å²) >= 11 is 5.87. The minimum atomic E-state index is -4.44. The number of nitrogens with one attached hydrogen (secondary N) is 1. The Bertz CT molecular complexity index is 802. The second-order valence-electron chi connectivity index (χ2n) is 6.16. The molecule has 5 nitrogen and oxygen atoms in total. The number of halogens is 4. The molecule has 1 saturated heterocycles. The third kappa shape index (κ3) is 3.46. The fraction of sp³-hybridized carbons (Fsp3) is 0.353. The summed E-state index contributed by atoms with van der Waals surface area (Å²) in [6, 6.07) is 4.53. The first-order valence-electron chi connectivity index (χ1n) is 7.82. The van der Waals surface area contributed by atoms with E-state index in [1.165, 1.54) is 17.0 Å². The molecule has 2 aliphatic rings. The van der Waals surface area contributed by atoms with Gasteiger partial charge in [-0.25, -0.2) is 0 Å². The number of hydrogen-bond acceptors (Lipinski definition) is 3. The maximum absolute atomic E-state index is 12.7. The number of rotatable bonds is 3. The van der Waals surface area contributed by atoms with Gasteiger partial charge in [0.2, 0.25) is 11.8 Å². The summed E-state index contributed by atoms with van der Waals surface area (Å²) in [5, 5.41) is 2.74. The zero-order chi connectivity index (χ0) is 19.1. The summed E-state index contributed by atoms with van der Waals surface area (Å²) < 4.78 is 38.2. The third-order valence-electron chi connectivity index (χ3n) is 4.47. The van der Waals surface area contributed by atoms with E-state index in [1.807, 2.05) is 0 Å². The van der Waals surface area contributed by atoms with Crippen molar-refractivity contribution in [1.82, 2.24) is 10.2 Å². The summed E-state index contributed by atoms with van der Waals surface area (Å²) in [5.41, 5.74) is 0.0558. The summed E-state index contributed by atoms with van der Waals surface area (Å²) in [4.78, 5) is 30.3. The summed E-state index contributed by atoms with van der Waals surface area (Å²) in [6.07, 6.45) is -2.82. The minimum Gasteiger partial charge on any atom is -0.344 e. The number of aliphatic imine (C=N–C) groups is 1. The number of amides is 2. The molecule has 0 spiro atoms. The molecule has 2 heterocycles. The van der Waals surface area contributed by atoms with Crippen LogP contribution in [0.25, 0.3) is 0 Å². The fourth-order valence-electron chi connectivity index (χ4n) is 3.11. The maximum atomic E-state index is 12.7. The molecule has 1 aromatic rings. The topological polar surface area (TPSA) is 61.8 Å². The van der Waals surface area contributed by atoms with Crippen LogP contribution in [0.3, 0.4) is 0 Å². The van der Waals surface area contributed by atoms with Crippen LogP contribution in [0.15, 0.2) is 41.0 Å². The highest BCUT2D eigenvalue weighted by molar-refractivity contribution is 6.70. The number of benzene rings is 1. The molecular weight excluding hydrogens is 371 g/mol. The molecule has 1 N–H and O–H groups in total. The van der Waals surface area contributed by atoms with Crippen molar-refractivity contribution in [3.8, 4) is 0 Å². The average molecular weight is 386 g/mol. The van der Waals surface area contributed by atoms with Crippen molar-refractivity contribution in [2.45, 2.75) is 12.1 Å². The fourth-order valence-corrected chi connectivity index (χ4v) is 3.30. The van der Waals surface area contributed by atoms with Gasteiger partial charge in [0.05, 0.1) is 17.8 Å². The predicted molar refractivity (Wildman–Crippen MR) is 89.7 cm³/mol. The Morgan fingerprint density at radius 2 is 1.96 bits per heavy atom. The Morgan fingerprint density at radius 3 is 2.50 bits per heavy atom. The number of likely N-dealkylation sites (N-methyl/N-ethyl adjacent to an activating group) is 1. The summed E-state index contributed by atoms with van der Waals surface area (Å²) in [7, 11) is 1.55. The van der Waals surface area contributed by atoms with Gasteiger partial charge in [-0.1, -0.05) is 23.7 Å². The molecule has 0 saturated carbocycles. The lowest BCUT2D eigenvalue weighted by atomic mass is 9.87. The molecule has 0 aromatic heterocycles. The highest BCUT2D eigenvalue weighted by atomic mass is 35.5. The van der Waals surface area contributed by atoms with E-state index in [2.05, 4.69) is 10.3 Å². The molecule has 9 heteroatoms. The number of carbonyl (C=O) groups is 2. The van der Waals surface area contributed by atoms with Crippen LogP contribution in [0, 0.1) is 5.92 Å². The number of allylic oxidation sites excluding steroid dienone is 1. The van der Waals surface area contributed by atoms with E-state index in [4.69, 9.17) is 11.6 Å². The first-order valence-corrected chi connectivity index (χ1v) is 8.19. The van der Waals surface area contributed by atoms with E-state index >= 15 is 0 Å². The number of likely N-dealkylation sites (tertiary alicyclic amines) is 1. The van der Waals surface area contributed by atoms with Crippen molar-refractivity contribution in [3.05, 3.63) is 47.2 Å². The largest absolute Gasteiger partial charge is 0.416 e. The van der Waals surface area contributed by atoms with E-state index in [0.717, 1.165) is 12.1 Å². The van der Waals surface area contributed by atoms with Gasteiger partial charge in [-0.2, -0.15) is 13.2 Å². The van der Waals surface area contributed by atoms with Crippen LogP contribution in [-0.4, -0.2) is 42.0 Å². The van der Waals surface area contributed by atoms with Crippen LogP contribution in [0.4, 0.5) is 13.2 Å². The number of carbonyl (C=O) groups excluding carboxylic acids is 2. The summed E-state index contributed by atoms with van der Waals surface area (Å²) in [6.45, 7) is 0.582. The van der Waals surface area contributed by atoms with Crippen molar-refractivity contribution in [3.63, 3.8) is 0 Å². The summed E-state index contributed by atoms with van der Waals surface area (Å²) in [5.74, 6) is -2.53. The van der Waals surface area contributed by atoms with E-state index in [9.17, 15) is 22.8 Å². The van der Waals surface area contributed by atoms with Gasteiger partial charge in [0.25, 0.3) is 0 Å². The van der Waals surface area contributed by atoms with Gasteiger partial charge in [0.15, 0.2) is 0 Å². The average Bonchev–Trinajstić information content (AvgIpc) is 3.11. The molecule has 0 bridgehead atoms. The van der Waals surface area contributed by atoms with Gasteiger partial charge >= 0.3 is 6.18 Å². The van der Waals surface area contributed by atoms with Gasteiger partial charge in [-0.3, -0.25) is 14.6 Å². The Labute approximate surface area is 152 Å². The second kappa shape index (κ2) is 6.75. The molecule has 1 fully saturated rings. The lowest BCUT2D eigenvalue weighted by Crippen LogP contribution is -2.37. The molecule has 2 atom stereocenters. The quantitative estimate of drug-likeness (QED) is 0.813. The molecule has 2 amide bonds. The second-order valence-corrected chi connectivity index (χ2v) is 6.52. The number of nitrogens with zero attached hydrogens (tertiary/aromatic N) is 2. The molecule has 0 aliphatic carbocycles. The molecule has 138 valence electrons. The Kier molecular flexibility index (Phi) is 4.79. The van der Waals surface area contributed by atoms with Crippen LogP contribution in [0.5, 0.6) is 0 Å². The molecule has 0 radical (unpaired) electrons. The van der Waals surface area contributed by atoms with Crippen molar-refractivity contribution in [2.75, 3.05) is 20.1 Å². The lowest BCUT2D eigenvalue weighted by Gasteiger charge is -2.18. The normalized spacial score (nSPS) is 23.1. The Balaban J connectivity index is 1.84. The first kappa shape index (κ1) is 18.4. The Hall–Kier alpha value is -2.35. The van der Waals surface area contributed by atoms with Crippen LogP contribution >= 0.6 is 11.6 Å². The van der Waals surface area contributed by atoms with Crippen molar-refractivity contribution in [1.29, 1.82) is 0 Å².